The van der Waals surface area contributed by atoms with Crippen LogP contribution in [0.5, 0.6) is 0 Å². The van der Waals surface area contributed by atoms with Crippen molar-refractivity contribution in [2.45, 2.75) is 58.2 Å². The fourth-order valence-electron chi connectivity index (χ4n) is 2.88. The third-order valence-electron chi connectivity index (χ3n) is 4.06. The molecule has 1 heterocycles. The van der Waals surface area contributed by atoms with E-state index < -0.39 is 35.7 Å². The second-order valence-corrected chi connectivity index (χ2v) is 8.02. The minimum Gasteiger partial charge on any atom is -0.480 e. The highest BCUT2D eigenvalue weighted by Gasteiger charge is 2.42. The van der Waals surface area contributed by atoms with Crippen LogP contribution in [0.25, 0.3) is 0 Å². The summed E-state index contributed by atoms with van der Waals surface area (Å²) in [6.07, 6.45) is -0.445. The molecule has 0 aromatic heterocycles. The molecule has 0 unspecified atom stereocenters. The Morgan fingerprint density at radius 3 is 2.48 bits per heavy atom. The summed E-state index contributed by atoms with van der Waals surface area (Å²) < 4.78 is 5.19. The number of halogens is 2. The van der Waals surface area contributed by atoms with Gasteiger partial charge in [-0.2, -0.15) is 0 Å². The van der Waals surface area contributed by atoms with E-state index in [9.17, 15) is 19.5 Å². The van der Waals surface area contributed by atoms with Crippen LogP contribution in [0.4, 0.5) is 10.5 Å². The van der Waals surface area contributed by atoms with Crippen molar-refractivity contribution in [1.29, 1.82) is 0 Å². The van der Waals surface area contributed by atoms with Crippen molar-refractivity contribution >= 4 is 46.9 Å². The SMILES string of the molecule is CC[C@@H](NC(=O)OC(C)(C)C)C(=O)N1c2ccc(Cl)c(Cl)c2C[C@H]1C(=O)O. The van der Waals surface area contributed by atoms with Gasteiger partial charge in [0.25, 0.3) is 5.91 Å². The molecule has 7 nitrogen and oxygen atoms in total. The number of anilines is 1. The zero-order valence-electron chi connectivity index (χ0n) is 15.5. The van der Waals surface area contributed by atoms with Gasteiger partial charge in [0, 0.05) is 12.1 Å². The average Bonchev–Trinajstić information content (AvgIpc) is 2.94. The number of fused-ring (bicyclic) bond motifs is 1. The molecular formula is C18H22Cl2N2O5. The third kappa shape index (κ3) is 4.65. The Morgan fingerprint density at radius 1 is 1.33 bits per heavy atom. The lowest BCUT2D eigenvalue weighted by Gasteiger charge is -2.28. The van der Waals surface area contributed by atoms with Crippen LogP contribution in [0.15, 0.2) is 12.1 Å². The Hall–Kier alpha value is -1.99. The van der Waals surface area contributed by atoms with Gasteiger partial charge in [-0.25, -0.2) is 9.59 Å². The van der Waals surface area contributed by atoms with E-state index in [4.69, 9.17) is 27.9 Å². The fourth-order valence-corrected chi connectivity index (χ4v) is 3.30. The van der Waals surface area contributed by atoms with Crippen LogP contribution in [0, 0.1) is 0 Å². The maximum atomic E-state index is 13.1. The van der Waals surface area contributed by atoms with Crippen molar-refractivity contribution in [1.82, 2.24) is 5.32 Å². The van der Waals surface area contributed by atoms with Gasteiger partial charge in [-0.3, -0.25) is 9.69 Å². The maximum absolute atomic E-state index is 13.1. The predicted molar refractivity (Wildman–Crippen MR) is 103 cm³/mol. The third-order valence-corrected chi connectivity index (χ3v) is 4.90. The second-order valence-electron chi connectivity index (χ2n) is 7.23. The second kappa shape index (κ2) is 7.94. The number of nitrogens with zero attached hydrogens (tertiary/aromatic N) is 1. The number of ether oxygens (including phenoxy) is 1. The van der Waals surface area contributed by atoms with E-state index in [-0.39, 0.29) is 22.9 Å². The molecule has 27 heavy (non-hydrogen) atoms. The van der Waals surface area contributed by atoms with Gasteiger partial charge >= 0.3 is 12.1 Å². The van der Waals surface area contributed by atoms with Gasteiger partial charge in [0.05, 0.1) is 10.0 Å². The van der Waals surface area contributed by atoms with Gasteiger partial charge in [0.15, 0.2) is 0 Å². The summed E-state index contributed by atoms with van der Waals surface area (Å²) in [4.78, 5) is 38.0. The molecule has 0 fully saturated rings. The zero-order chi connectivity index (χ0) is 20.5. The van der Waals surface area contributed by atoms with E-state index >= 15 is 0 Å². The molecule has 1 aliphatic rings. The number of amides is 2. The van der Waals surface area contributed by atoms with E-state index in [2.05, 4.69) is 5.32 Å². The first-order valence-electron chi connectivity index (χ1n) is 8.48. The quantitative estimate of drug-likeness (QED) is 0.780. The number of rotatable bonds is 4. The van der Waals surface area contributed by atoms with Crippen molar-refractivity contribution in [2.75, 3.05) is 4.90 Å². The number of carbonyl (C=O) groups excluding carboxylic acids is 2. The summed E-state index contributed by atoms with van der Waals surface area (Å²) in [5.41, 5.74) is 0.155. The van der Waals surface area contributed by atoms with Crippen LogP contribution in [0.2, 0.25) is 10.0 Å². The molecule has 2 rings (SSSR count). The van der Waals surface area contributed by atoms with Crippen LogP contribution in [-0.2, 0) is 20.7 Å². The number of hydrogen-bond donors (Lipinski definition) is 2. The van der Waals surface area contributed by atoms with E-state index in [1.54, 1.807) is 33.8 Å². The molecule has 148 valence electrons. The van der Waals surface area contributed by atoms with Gasteiger partial charge in [0.2, 0.25) is 0 Å². The smallest absolute Gasteiger partial charge is 0.408 e. The highest BCUT2D eigenvalue weighted by atomic mass is 35.5. The van der Waals surface area contributed by atoms with Crippen molar-refractivity contribution in [3.8, 4) is 0 Å². The average molecular weight is 417 g/mol. The van der Waals surface area contributed by atoms with Crippen LogP contribution in [0.3, 0.4) is 0 Å². The summed E-state index contributed by atoms with van der Waals surface area (Å²) in [5.74, 6) is -1.72. The molecule has 0 saturated heterocycles. The highest BCUT2D eigenvalue weighted by Crippen LogP contribution is 2.40. The maximum Gasteiger partial charge on any atom is 0.408 e. The van der Waals surface area contributed by atoms with E-state index in [0.29, 0.717) is 11.3 Å². The molecule has 2 amide bonds. The fraction of sp³-hybridized carbons (Fsp3) is 0.500. The molecule has 0 saturated carbocycles. The molecule has 1 aromatic rings. The standard InChI is InChI=1S/C18H22Cl2N2O5/c1-5-11(21-17(26)27-18(2,3)4)15(23)22-12-7-6-10(19)14(20)9(12)8-13(22)16(24)25/h6-7,11,13H,5,8H2,1-4H3,(H,21,26)(H,24,25)/t11-,13+/m1/s1. The topological polar surface area (TPSA) is 95.9 Å². The number of hydrogen-bond acceptors (Lipinski definition) is 4. The monoisotopic (exact) mass is 416 g/mol. The van der Waals surface area contributed by atoms with E-state index in [0.717, 1.165) is 4.90 Å². The molecule has 1 aliphatic heterocycles. The zero-order valence-corrected chi connectivity index (χ0v) is 17.0. The minimum atomic E-state index is -1.17. The molecule has 2 atom stereocenters. The molecule has 0 spiro atoms. The lowest BCUT2D eigenvalue weighted by atomic mass is 10.1. The number of nitrogens with one attached hydrogen (secondary N) is 1. The lowest BCUT2D eigenvalue weighted by molar-refractivity contribution is -0.140. The van der Waals surface area contributed by atoms with Gasteiger partial charge < -0.3 is 15.2 Å². The summed E-state index contributed by atoms with van der Waals surface area (Å²) in [6.45, 7) is 6.83. The van der Waals surface area contributed by atoms with Gasteiger partial charge in [0.1, 0.15) is 17.7 Å². The Kier molecular flexibility index (Phi) is 6.27. The summed E-state index contributed by atoms with van der Waals surface area (Å²) in [5, 5.41) is 12.6. The van der Waals surface area contributed by atoms with Crippen molar-refractivity contribution < 1.29 is 24.2 Å². The van der Waals surface area contributed by atoms with Gasteiger partial charge in [-0.15, -0.1) is 0 Å². The Balaban J connectivity index is 2.33. The van der Waals surface area contributed by atoms with Gasteiger partial charge in [-0.1, -0.05) is 30.1 Å². The molecule has 0 radical (unpaired) electrons. The van der Waals surface area contributed by atoms with E-state index in [1.165, 1.54) is 6.07 Å². The van der Waals surface area contributed by atoms with Crippen molar-refractivity contribution in [2.24, 2.45) is 0 Å². The Labute approximate surface area is 167 Å². The first-order chi connectivity index (χ1) is 12.5. The number of alkyl carbamates (subject to hydrolysis) is 1. The van der Waals surface area contributed by atoms with Crippen LogP contribution in [-0.4, -0.2) is 40.8 Å². The summed E-state index contributed by atoms with van der Waals surface area (Å²) in [7, 11) is 0. The highest BCUT2D eigenvalue weighted by molar-refractivity contribution is 6.43. The minimum absolute atomic E-state index is 0.0403. The van der Waals surface area contributed by atoms with Crippen LogP contribution < -0.4 is 10.2 Å². The largest absolute Gasteiger partial charge is 0.480 e. The molecular weight excluding hydrogens is 395 g/mol. The molecule has 2 N–H and O–H groups in total. The first kappa shape index (κ1) is 21.3. The van der Waals surface area contributed by atoms with Crippen LogP contribution >= 0.6 is 23.2 Å². The summed E-state index contributed by atoms with van der Waals surface area (Å²) in [6, 6.07) is 1.00. The predicted octanol–water partition coefficient (Wildman–Crippen LogP) is 3.64. The number of carboxylic acid groups (broad SMARTS) is 1. The molecule has 1 aromatic carbocycles. The molecule has 0 aliphatic carbocycles. The van der Waals surface area contributed by atoms with Crippen molar-refractivity contribution in [3.63, 3.8) is 0 Å². The normalized spacial score (nSPS) is 17.3. The Bertz CT molecular complexity index is 776. The number of aliphatic carboxylic acids is 1. The van der Waals surface area contributed by atoms with Crippen LogP contribution in [0.1, 0.15) is 39.7 Å². The van der Waals surface area contributed by atoms with Crippen molar-refractivity contribution in [3.05, 3.63) is 27.7 Å². The number of carbonyl (C=O) groups is 3. The number of benzene rings is 1. The number of carboxylic acids is 1. The van der Waals surface area contributed by atoms with Gasteiger partial charge in [-0.05, 0) is 44.9 Å². The first-order valence-corrected chi connectivity index (χ1v) is 9.24. The van der Waals surface area contributed by atoms with E-state index in [1.807, 2.05) is 0 Å². The lowest BCUT2D eigenvalue weighted by Crippen LogP contribution is -2.53. The summed E-state index contributed by atoms with van der Waals surface area (Å²) >= 11 is 12.2. The molecule has 0 bridgehead atoms. The molecule has 9 heteroatoms. The Morgan fingerprint density at radius 2 is 1.96 bits per heavy atom.